The summed E-state index contributed by atoms with van der Waals surface area (Å²) in [7, 11) is 1.63. The lowest BCUT2D eigenvalue weighted by atomic mass is 9.98. The van der Waals surface area contributed by atoms with E-state index in [4.69, 9.17) is 9.47 Å². The summed E-state index contributed by atoms with van der Waals surface area (Å²) < 4.78 is 11.1. The lowest BCUT2D eigenvalue weighted by molar-refractivity contribution is 0.0779. The average molecular weight is 254 g/mol. The fourth-order valence-corrected chi connectivity index (χ4v) is 2.18. The van der Waals surface area contributed by atoms with E-state index in [-0.39, 0.29) is 6.10 Å². The molecule has 1 aromatic rings. The fraction of sp³-hybridized carbons (Fsp3) is 0.538. The third kappa shape index (κ3) is 2.87. The molecule has 0 atom stereocenters. The van der Waals surface area contributed by atoms with Crippen molar-refractivity contribution in [1.29, 1.82) is 0 Å². The molecule has 1 aliphatic heterocycles. The lowest BCUT2D eigenvalue weighted by Gasteiger charge is -2.27. The molecule has 94 valence electrons. The Morgan fingerprint density at radius 2 is 2.00 bits per heavy atom. The molecule has 0 bridgehead atoms. The van der Waals surface area contributed by atoms with Crippen molar-refractivity contribution < 1.29 is 14.6 Å². The summed E-state index contributed by atoms with van der Waals surface area (Å²) in [5.74, 6) is 3.48. The van der Waals surface area contributed by atoms with Gasteiger partial charge in [0.05, 0.1) is 12.7 Å². The normalized spacial score (nSPS) is 16.5. The molecule has 1 aliphatic rings. The summed E-state index contributed by atoms with van der Waals surface area (Å²) in [6.07, 6.45) is 0.269. The van der Waals surface area contributed by atoms with Crippen molar-refractivity contribution in [2.24, 2.45) is 0 Å². The zero-order valence-electron chi connectivity index (χ0n) is 10.4. The Balaban J connectivity index is 2.25. The smallest absolute Gasteiger partial charge is 0.162 e. The number of rotatable bonds is 4. The molecule has 1 saturated heterocycles. The molecule has 4 heteroatoms. The van der Waals surface area contributed by atoms with Gasteiger partial charge in [0.2, 0.25) is 0 Å². The average Bonchev–Trinajstić information content (AvgIpc) is 2.22. The highest BCUT2D eigenvalue weighted by atomic mass is 32.2. The zero-order valence-corrected chi connectivity index (χ0v) is 11.2. The van der Waals surface area contributed by atoms with Gasteiger partial charge in [-0.05, 0) is 31.5 Å². The minimum absolute atomic E-state index is 0.269. The van der Waals surface area contributed by atoms with Gasteiger partial charge in [-0.1, -0.05) is 6.07 Å². The van der Waals surface area contributed by atoms with E-state index >= 15 is 0 Å². The monoisotopic (exact) mass is 254 g/mol. The highest BCUT2D eigenvalue weighted by molar-refractivity contribution is 8.00. The van der Waals surface area contributed by atoms with Gasteiger partial charge >= 0.3 is 0 Å². The number of ether oxygens (including phenoxy) is 2. The molecule has 1 heterocycles. The molecular formula is C13H18O3S. The van der Waals surface area contributed by atoms with Gasteiger partial charge in [0, 0.05) is 11.5 Å². The Bertz CT molecular complexity index is 394. The molecule has 1 N–H and O–H groups in total. The summed E-state index contributed by atoms with van der Waals surface area (Å²) in [6, 6.07) is 5.57. The first-order valence-corrected chi connectivity index (χ1v) is 6.81. The van der Waals surface area contributed by atoms with Crippen LogP contribution in [0.3, 0.4) is 0 Å². The van der Waals surface area contributed by atoms with Crippen molar-refractivity contribution in [3.05, 3.63) is 23.8 Å². The summed E-state index contributed by atoms with van der Waals surface area (Å²) in [5, 5.41) is 9.98. The van der Waals surface area contributed by atoms with Crippen LogP contribution >= 0.6 is 11.8 Å². The zero-order chi connectivity index (χ0) is 12.5. The molecule has 2 rings (SSSR count). The predicted octanol–water partition coefficient (Wildman–Crippen LogP) is 2.42. The Morgan fingerprint density at radius 1 is 1.29 bits per heavy atom. The number of thioether (sulfide) groups is 1. The van der Waals surface area contributed by atoms with Crippen LogP contribution in [0.5, 0.6) is 11.5 Å². The van der Waals surface area contributed by atoms with E-state index in [0.717, 1.165) is 28.6 Å². The van der Waals surface area contributed by atoms with Gasteiger partial charge < -0.3 is 14.6 Å². The second kappa shape index (κ2) is 4.78. The van der Waals surface area contributed by atoms with Crippen LogP contribution in [0.2, 0.25) is 0 Å². The van der Waals surface area contributed by atoms with Crippen LogP contribution < -0.4 is 9.47 Å². The molecule has 0 spiro atoms. The van der Waals surface area contributed by atoms with E-state index in [2.05, 4.69) is 0 Å². The van der Waals surface area contributed by atoms with Gasteiger partial charge in [0.1, 0.15) is 6.10 Å². The lowest BCUT2D eigenvalue weighted by Crippen LogP contribution is -2.31. The van der Waals surface area contributed by atoms with Crippen molar-refractivity contribution in [3.63, 3.8) is 0 Å². The largest absolute Gasteiger partial charge is 0.493 e. The fourth-order valence-electron chi connectivity index (χ4n) is 1.61. The molecule has 0 aliphatic carbocycles. The Labute approximate surface area is 106 Å². The number of hydrogen-bond donors (Lipinski definition) is 1. The maximum atomic E-state index is 9.98. The Kier molecular flexibility index (Phi) is 3.54. The van der Waals surface area contributed by atoms with E-state index in [9.17, 15) is 5.11 Å². The minimum Gasteiger partial charge on any atom is -0.493 e. The van der Waals surface area contributed by atoms with Crippen molar-refractivity contribution in [1.82, 2.24) is 0 Å². The second-order valence-corrected chi connectivity index (χ2v) is 5.78. The van der Waals surface area contributed by atoms with Crippen molar-refractivity contribution in [2.75, 3.05) is 18.6 Å². The van der Waals surface area contributed by atoms with Gasteiger partial charge in [0.25, 0.3) is 0 Å². The van der Waals surface area contributed by atoms with Gasteiger partial charge in [0.15, 0.2) is 11.5 Å². The quantitative estimate of drug-likeness (QED) is 0.895. The summed E-state index contributed by atoms with van der Waals surface area (Å²) >= 11 is 1.87. The van der Waals surface area contributed by atoms with Crippen LogP contribution in [0.4, 0.5) is 0 Å². The molecular weight excluding hydrogens is 236 g/mol. The van der Waals surface area contributed by atoms with E-state index < -0.39 is 5.60 Å². The molecule has 3 nitrogen and oxygen atoms in total. The van der Waals surface area contributed by atoms with E-state index in [1.54, 1.807) is 21.0 Å². The minimum atomic E-state index is -0.862. The van der Waals surface area contributed by atoms with Crippen LogP contribution in [0, 0.1) is 0 Å². The molecule has 0 radical (unpaired) electrons. The summed E-state index contributed by atoms with van der Waals surface area (Å²) in [6.45, 7) is 3.52. The highest BCUT2D eigenvalue weighted by Crippen LogP contribution is 2.34. The van der Waals surface area contributed by atoms with E-state index in [1.807, 2.05) is 30.0 Å². The maximum Gasteiger partial charge on any atom is 0.162 e. The Hall–Kier alpha value is -0.870. The van der Waals surface area contributed by atoms with Crippen molar-refractivity contribution in [3.8, 4) is 11.5 Å². The van der Waals surface area contributed by atoms with Crippen LogP contribution in [0.25, 0.3) is 0 Å². The molecule has 0 saturated carbocycles. The molecule has 17 heavy (non-hydrogen) atoms. The van der Waals surface area contributed by atoms with E-state index in [0.29, 0.717) is 0 Å². The summed E-state index contributed by atoms with van der Waals surface area (Å²) in [5.41, 5.74) is -0.0288. The topological polar surface area (TPSA) is 38.7 Å². The summed E-state index contributed by atoms with van der Waals surface area (Å²) in [4.78, 5) is 0. The first-order chi connectivity index (χ1) is 8.00. The highest BCUT2D eigenvalue weighted by Gasteiger charge is 2.23. The first-order valence-electron chi connectivity index (χ1n) is 5.66. The molecule has 0 aromatic heterocycles. The molecule has 0 unspecified atom stereocenters. The van der Waals surface area contributed by atoms with Crippen LogP contribution in [0.1, 0.15) is 19.4 Å². The molecule has 1 aromatic carbocycles. The van der Waals surface area contributed by atoms with E-state index in [1.165, 1.54) is 0 Å². The van der Waals surface area contributed by atoms with Gasteiger partial charge in [-0.25, -0.2) is 0 Å². The van der Waals surface area contributed by atoms with Crippen LogP contribution in [0.15, 0.2) is 18.2 Å². The van der Waals surface area contributed by atoms with Gasteiger partial charge in [-0.15, -0.1) is 0 Å². The molecule has 1 fully saturated rings. The second-order valence-electron chi connectivity index (χ2n) is 4.70. The number of benzene rings is 1. The SMILES string of the molecule is COc1ccc(C(C)(C)O)cc1OC1CSC1. The van der Waals surface area contributed by atoms with Gasteiger partial charge in [-0.3, -0.25) is 0 Å². The standard InChI is InChI=1S/C13H18O3S/c1-13(2,14)9-4-5-11(15-3)12(6-9)16-10-7-17-8-10/h4-6,10,14H,7-8H2,1-3H3. The third-order valence-electron chi connectivity index (χ3n) is 2.77. The number of methoxy groups -OCH3 is 1. The third-order valence-corrected chi connectivity index (χ3v) is 3.99. The number of hydrogen-bond acceptors (Lipinski definition) is 4. The molecule has 0 amide bonds. The number of aliphatic hydroxyl groups is 1. The predicted molar refractivity (Wildman–Crippen MR) is 70.0 cm³/mol. The Morgan fingerprint density at radius 3 is 2.47 bits per heavy atom. The van der Waals surface area contributed by atoms with Crippen molar-refractivity contribution >= 4 is 11.8 Å². The maximum absolute atomic E-state index is 9.98. The first kappa shape index (κ1) is 12.6. The van der Waals surface area contributed by atoms with Crippen LogP contribution in [-0.2, 0) is 5.60 Å². The van der Waals surface area contributed by atoms with Crippen molar-refractivity contribution in [2.45, 2.75) is 25.6 Å². The van der Waals surface area contributed by atoms with Gasteiger partial charge in [-0.2, -0.15) is 11.8 Å². The van der Waals surface area contributed by atoms with Crippen LogP contribution in [-0.4, -0.2) is 29.8 Å².